The highest BCUT2D eigenvalue weighted by Crippen LogP contribution is 2.38. The Morgan fingerprint density at radius 1 is 1.00 bits per heavy atom. The van der Waals surface area contributed by atoms with Gasteiger partial charge in [-0.25, -0.2) is 0 Å². The van der Waals surface area contributed by atoms with Crippen molar-refractivity contribution in [2.24, 2.45) is 0 Å². The van der Waals surface area contributed by atoms with Gasteiger partial charge in [0.15, 0.2) is 24.0 Å². The van der Waals surface area contributed by atoms with Gasteiger partial charge in [-0.05, 0) is 34.1 Å². The summed E-state index contributed by atoms with van der Waals surface area (Å²) in [6.07, 6.45) is -6.63. The molecule has 0 aromatic heterocycles. The SMILES string of the molecule is CCCCCCCC(=O)O[C@@H]1[C@H](OC(O)[C@H]2OC(C)(C)O[C@@H]2[C@H]2COC(C)(C)O2)O[C@H](CO)[C@@H](O)[C@@H]1O. The van der Waals surface area contributed by atoms with E-state index in [1.807, 2.05) is 0 Å². The number of rotatable bonds is 12. The van der Waals surface area contributed by atoms with Crippen molar-refractivity contribution in [3.05, 3.63) is 0 Å². The van der Waals surface area contributed by atoms with E-state index in [2.05, 4.69) is 6.92 Å². The molecule has 37 heavy (non-hydrogen) atoms. The topological polar surface area (TPSA) is 163 Å². The fourth-order valence-corrected chi connectivity index (χ4v) is 4.79. The Hall–Kier alpha value is -0.930. The van der Waals surface area contributed by atoms with Crippen LogP contribution in [0.25, 0.3) is 0 Å². The molecule has 3 fully saturated rings. The van der Waals surface area contributed by atoms with Crippen molar-refractivity contribution in [2.75, 3.05) is 13.2 Å². The standard InChI is InChI=1S/C25H44O12/c1-6-7-8-9-10-11-16(27)33-20-18(29)17(28)14(12-26)32-23(20)34-22(30)21-19(36-25(4,5)37-21)15-13-31-24(2,3)35-15/h14-15,17-23,26,28-30H,6-13H2,1-5H3/t14-,15-,17-,18+,19-,20+,21+,22?,23+/m1/s1. The lowest BCUT2D eigenvalue weighted by Gasteiger charge is -2.42. The van der Waals surface area contributed by atoms with Gasteiger partial charge < -0.3 is 53.6 Å². The van der Waals surface area contributed by atoms with Gasteiger partial charge in [-0.3, -0.25) is 4.79 Å². The molecule has 12 heteroatoms. The zero-order valence-electron chi connectivity index (χ0n) is 22.4. The second kappa shape index (κ2) is 12.9. The molecular formula is C25H44O12. The second-order valence-corrected chi connectivity index (χ2v) is 10.8. The smallest absolute Gasteiger partial charge is 0.306 e. The third kappa shape index (κ3) is 8.04. The molecule has 4 N–H and O–H groups in total. The molecule has 9 atom stereocenters. The minimum atomic E-state index is -1.67. The molecular weight excluding hydrogens is 492 g/mol. The minimum absolute atomic E-state index is 0.117. The zero-order valence-corrected chi connectivity index (χ0v) is 22.4. The quantitative estimate of drug-likeness (QED) is 0.157. The molecule has 0 saturated carbocycles. The number of esters is 1. The lowest BCUT2D eigenvalue weighted by Crippen LogP contribution is -2.61. The van der Waals surface area contributed by atoms with E-state index in [1.165, 1.54) is 0 Å². The van der Waals surface area contributed by atoms with Gasteiger partial charge in [-0.2, -0.15) is 0 Å². The number of aliphatic hydroxyl groups is 4. The number of aliphatic hydroxyl groups excluding tert-OH is 4. The maximum atomic E-state index is 12.5. The summed E-state index contributed by atoms with van der Waals surface area (Å²) in [6, 6.07) is 0. The van der Waals surface area contributed by atoms with E-state index in [0.717, 1.165) is 25.7 Å². The van der Waals surface area contributed by atoms with Gasteiger partial charge >= 0.3 is 5.97 Å². The van der Waals surface area contributed by atoms with Gasteiger partial charge in [0.25, 0.3) is 0 Å². The molecule has 1 unspecified atom stereocenters. The molecule has 0 spiro atoms. The molecule has 3 aliphatic rings. The van der Waals surface area contributed by atoms with E-state index < -0.39 is 79.5 Å². The van der Waals surface area contributed by atoms with Crippen LogP contribution < -0.4 is 0 Å². The van der Waals surface area contributed by atoms with Crippen molar-refractivity contribution in [1.82, 2.24) is 0 Å². The van der Waals surface area contributed by atoms with Crippen molar-refractivity contribution in [3.8, 4) is 0 Å². The van der Waals surface area contributed by atoms with Crippen LogP contribution in [-0.2, 0) is 38.0 Å². The third-order valence-electron chi connectivity index (χ3n) is 6.69. The summed E-state index contributed by atoms with van der Waals surface area (Å²) in [4.78, 5) is 12.5. The van der Waals surface area contributed by atoms with E-state index in [0.29, 0.717) is 6.42 Å². The second-order valence-electron chi connectivity index (χ2n) is 10.8. The molecule has 0 bridgehead atoms. The lowest BCUT2D eigenvalue weighted by atomic mass is 9.99. The molecule has 3 aliphatic heterocycles. The Morgan fingerprint density at radius 2 is 1.70 bits per heavy atom. The molecule has 3 saturated heterocycles. The molecule has 12 nitrogen and oxygen atoms in total. The van der Waals surface area contributed by atoms with Crippen molar-refractivity contribution in [2.45, 2.75) is 140 Å². The van der Waals surface area contributed by atoms with Crippen LogP contribution in [0.2, 0.25) is 0 Å². The predicted molar refractivity (Wildman–Crippen MR) is 127 cm³/mol. The first-order chi connectivity index (χ1) is 17.4. The van der Waals surface area contributed by atoms with Crippen molar-refractivity contribution >= 4 is 5.97 Å². The molecule has 3 rings (SSSR count). The van der Waals surface area contributed by atoms with Crippen molar-refractivity contribution in [3.63, 3.8) is 0 Å². The Bertz CT molecular complexity index is 730. The predicted octanol–water partition coefficient (Wildman–Crippen LogP) is 0.704. The Morgan fingerprint density at radius 3 is 2.32 bits per heavy atom. The Labute approximate surface area is 218 Å². The average molecular weight is 537 g/mol. The maximum absolute atomic E-state index is 12.5. The van der Waals surface area contributed by atoms with Crippen LogP contribution in [0.4, 0.5) is 0 Å². The van der Waals surface area contributed by atoms with Gasteiger partial charge in [-0.1, -0.05) is 32.6 Å². The van der Waals surface area contributed by atoms with Crippen LogP contribution in [-0.4, -0.2) is 106 Å². The molecule has 0 aromatic carbocycles. The van der Waals surface area contributed by atoms with Crippen molar-refractivity contribution in [1.29, 1.82) is 0 Å². The Kier molecular flexibility index (Phi) is 10.7. The molecule has 0 aliphatic carbocycles. The van der Waals surface area contributed by atoms with E-state index in [4.69, 9.17) is 33.2 Å². The number of hydrogen-bond donors (Lipinski definition) is 4. The van der Waals surface area contributed by atoms with Crippen LogP contribution >= 0.6 is 0 Å². The highest BCUT2D eigenvalue weighted by Gasteiger charge is 2.54. The van der Waals surface area contributed by atoms with Crippen molar-refractivity contribution < 1.29 is 58.4 Å². The highest BCUT2D eigenvalue weighted by molar-refractivity contribution is 5.69. The van der Waals surface area contributed by atoms with E-state index in [1.54, 1.807) is 27.7 Å². The summed E-state index contributed by atoms with van der Waals surface area (Å²) >= 11 is 0. The molecule has 0 aromatic rings. The van der Waals surface area contributed by atoms with Gasteiger partial charge in [-0.15, -0.1) is 0 Å². The van der Waals surface area contributed by atoms with E-state index >= 15 is 0 Å². The first kappa shape index (κ1) is 30.6. The lowest BCUT2D eigenvalue weighted by molar-refractivity contribution is -0.345. The first-order valence-corrected chi connectivity index (χ1v) is 13.2. The number of ether oxygens (including phenoxy) is 7. The summed E-state index contributed by atoms with van der Waals surface area (Å²) in [6.45, 7) is 8.55. The van der Waals surface area contributed by atoms with Gasteiger partial charge in [0.1, 0.15) is 36.6 Å². The highest BCUT2D eigenvalue weighted by atomic mass is 16.8. The monoisotopic (exact) mass is 536 g/mol. The summed E-state index contributed by atoms with van der Waals surface area (Å²) in [5.74, 6) is -2.51. The van der Waals surface area contributed by atoms with Gasteiger partial charge in [0.05, 0.1) is 13.2 Å². The number of carbonyl (C=O) groups is 1. The first-order valence-electron chi connectivity index (χ1n) is 13.2. The van der Waals surface area contributed by atoms with E-state index in [9.17, 15) is 25.2 Å². The maximum Gasteiger partial charge on any atom is 0.306 e. The molecule has 0 amide bonds. The Balaban J connectivity index is 1.69. The largest absolute Gasteiger partial charge is 0.454 e. The van der Waals surface area contributed by atoms with Crippen LogP contribution in [0.15, 0.2) is 0 Å². The van der Waals surface area contributed by atoms with Crippen LogP contribution in [0.1, 0.15) is 73.1 Å². The van der Waals surface area contributed by atoms with Gasteiger partial charge in [0.2, 0.25) is 6.29 Å². The van der Waals surface area contributed by atoms with Crippen LogP contribution in [0.5, 0.6) is 0 Å². The molecule has 216 valence electrons. The summed E-state index contributed by atoms with van der Waals surface area (Å²) in [7, 11) is 0. The van der Waals surface area contributed by atoms with Gasteiger partial charge in [0, 0.05) is 6.42 Å². The molecule has 3 heterocycles. The summed E-state index contributed by atoms with van der Waals surface area (Å²) in [5, 5.41) is 41.6. The zero-order chi connectivity index (χ0) is 27.4. The van der Waals surface area contributed by atoms with Crippen LogP contribution in [0, 0.1) is 0 Å². The van der Waals surface area contributed by atoms with E-state index in [-0.39, 0.29) is 13.0 Å². The molecule has 0 radical (unpaired) electrons. The summed E-state index contributed by atoms with van der Waals surface area (Å²) < 4.78 is 40.1. The number of carbonyl (C=O) groups excluding carboxylic acids is 1. The fraction of sp³-hybridized carbons (Fsp3) is 0.960. The average Bonchev–Trinajstić information content (AvgIpc) is 3.36. The third-order valence-corrected chi connectivity index (χ3v) is 6.69. The minimum Gasteiger partial charge on any atom is -0.454 e. The fourth-order valence-electron chi connectivity index (χ4n) is 4.79. The van der Waals surface area contributed by atoms with Crippen LogP contribution in [0.3, 0.4) is 0 Å². The summed E-state index contributed by atoms with van der Waals surface area (Å²) in [5.41, 5.74) is 0. The number of hydrogen-bond acceptors (Lipinski definition) is 12. The normalized spacial score (nSPS) is 38.0. The number of unbranched alkanes of at least 4 members (excludes halogenated alkanes) is 4.